The number of carbonyl (C=O) groups excluding carboxylic acids is 1. The van der Waals surface area contributed by atoms with E-state index in [2.05, 4.69) is 11.9 Å². The van der Waals surface area contributed by atoms with Crippen molar-refractivity contribution in [3.8, 4) is 0 Å². The molecule has 9 nitrogen and oxygen atoms in total. The zero-order valence-electron chi connectivity index (χ0n) is 11.6. The van der Waals surface area contributed by atoms with Gasteiger partial charge < -0.3 is 34.2 Å². The molecule has 2 aliphatic rings. The van der Waals surface area contributed by atoms with Gasteiger partial charge in [0.2, 0.25) is 0 Å². The van der Waals surface area contributed by atoms with Gasteiger partial charge in [-0.15, -0.1) is 0 Å². The molecule has 0 aromatic heterocycles. The fourth-order valence-corrected chi connectivity index (χ4v) is 2.43. The maximum Gasteiger partial charge on any atom is 0.351 e. The predicted molar refractivity (Wildman–Crippen MR) is 70.6 cm³/mol. The van der Waals surface area contributed by atoms with Crippen LogP contribution in [0.15, 0.2) is 24.7 Å². The first-order valence-electron chi connectivity index (χ1n) is 6.18. The number of halogens is 1. The van der Waals surface area contributed by atoms with Gasteiger partial charge in [0.15, 0.2) is 25.0 Å². The van der Waals surface area contributed by atoms with E-state index < -0.39 is 44.6 Å². The molecule has 2 rings (SSSR count). The van der Waals surface area contributed by atoms with Gasteiger partial charge in [-0.1, -0.05) is 6.58 Å². The summed E-state index contributed by atoms with van der Waals surface area (Å²) in [6.07, 6.45) is -3.87. The molecule has 2 aliphatic heterocycles. The number of amides is 1. The van der Waals surface area contributed by atoms with Gasteiger partial charge in [-0.2, -0.15) is 0 Å². The van der Waals surface area contributed by atoms with E-state index in [0.29, 0.717) is 0 Å². The monoisotopic (exact) mass is 338 g/mol. The summed E-state index contributed by atoms with van der Waals surface area (Å²) in [6.45, 7) is 3.58. The molecule has 0 radical (unpaired) electrons. The minimum absolute atomic E-state index is 0.102. The topological polar surface area (TPSA) is 118 Å². The van der Waals surface area contributed by atoms with Crippen LogP contribution in [0.3, 0.4) is 0 Å². The molecule has 0 spiro atoms. The van der Waals surface area contributed by atoms with Crippen molar-refractivity contribution < 1.29 is 37.7 Å². The second kappa shape index (κ2) is 6.45. The lowest BCUT2D eigenvalue weighted by Crippen LogP contribution is -2.45. The number of carbonyl (C=O) groups is 1. The summed E-state index contributed by atoms with van der Waals surface area (Å²) in [5, 5.41) is 2.38. The van der Waals surface area contributed by atoms with Crippen LogP contribution in [0.25, 0.3) is 0 Å². The second-order valence-corrected chi connectivity index (χ2v) is 6.25. The number of alkyl halides is 1. The van der Waals surface area contributed by atoms with Crippen LogP contribution in [0.5, 0.6) is 0 Å². The van der Waals surface area contributed by atoms with Gasteiger partial charge in [0.05, 0.1) is 0 Å². The molecule has 0 aromatic rings. The summed E-state index contributed by atoms with van der Waals surface area (Å²) >= 11 is 0. The normalized spacial score (nSPS) is 32.5. The van der Waals surface area contributed by atoms with Crippen molar-refractivity contribution in [1.29, 1.82) is 0 Å². The van der Waals surface area contributed by atoms with Crippen molar-refractivity contribution in [3.63, 3.8) is 0 Å². The lowest BCUT2D eigenvalue weighted by atomic mass is 10.2. The number of hydrogen-bond acceptors (Lipinski definition) is 6. The van der Waals surface area contributed by atoms with E-state index >= 15 is 0 Å². The Labute approximate surface area is 125 Å². The Kier molecular flexibility index (Phi) is 5.00. The third kappa shape index (κ3) is 3.72. The molecule has 0 aliphatic carbocycles. The largest absolute Gasteiger partial charge is 0.373 e. The highest BCUT2D eigenvalue weighted by Crippen LogP contribution is 2.37. The maximum absolute atomic E-state index is 14.4. The first-order valence-corrected chi connectivity index (χ1v) is 7.97. The Morgan fingerprint density at radius 1 is 1.59 bits per heavy atom. The van der Waals surface area contributed by atoms with Gasteiger partial charge in [-0.05, 0) is 0 Å². The van der Waals surface area contributed by atoms with E-state index in [-0.39, 0.29) is 5.82 Å². The molecule has 4 atom stereocenters. The van der Waals surface area contributed by atoms with E-state index in [4.69, 9.17) is 24.0 Å². The molecule has 0 aromatic carbocycles. The first-order chi connectivity index (χ1) is 10.2. The van der Waals surface area contributed by atoms with E-state index in [0.717, 1.165) is 6.08 Å². The summed E-state index contributed by atoms with van der Waals surface area (Å²) in [6, 6.07) is 0. The molecule has 2 heterocycles. The number of nitrogens with zero attached hydrogens (tertiary/aromatic N) is 1. The van der Waals surface area contributed by atoms with Crippen molar-refractivity contribution in [1.82, 2.24) is 10.2 Å². The Morgan fingerprint density at radius 3 is 2.82 bits per heavy atom. The zero-order valence-corrected chi connectivity index (χ0v) is 12.5. The van der Waals surface area contributed by atoms with Crippen molar-refractivity contribution in [3.05, 3.63) is 24.7 Å². The third-order valence-electron chi connectivity index (χ3n) is 3.05. The third-order valence-corrected chi connectivity index (χ3v) is 3.53. The van der Waals surface area contributed by atoms with Crippen molar-refractivity contribution in [2.45, 2.75) is 24.8 Å². The molecule has 1 fully saturated rings. The van der Waals surface area contributed by atoms with E-state index in [1.54, 1.807) is 0 Å². The Bertz CT molecular complexity index is 537. The molecule has 3 N–H and O–H groups in total. The Balaban J connectivity index is 2.11. The lowest BCUT2D eigenvalue weighted by Gasteiger charge is -2.31. The fourth-order valence-electron chi connectivity index (χ4n) is 2.09. The molecule has 11 heteroatoms. The van der Waals surface area contributed by atoms with Gasteiger partial charge >= 0.3 is 7.60 Å². The van der Waals surface area contributed by atoms with Gasteiger partial charge in [0, 0.05) is 19.4 Å². The molecular weight excluding hydrogens is 322 g/mol. The quantitative estimate of drug-likeness (QED) is 0.579. The molecule has 0 bridgehead atoms. The molecule has 0 unspecified atom stereocenters. The highest BCUT2D eigenvalue weighted by Gasteiger charge is 2.49. The number of hydrogen-bond donors (Lipinski definition) is 3. The summed E-state index contributed by atoms with van der Waals surface area (Å²) < 4.78 is 40.4. The highest BCUT2D eigenvalue weighted by atomic mass is 31.2. The van der Waals surface area contributed by atoms with Crippen LogP contribution in [0.1, 0.15) is 0 Å². The van der Waals surface area contributed by atoms with Gasteiger partial charge in [0.1, 0.15) is 11.9 Å². The van der Waals surface area contributed by atoms with E-state index in [1.807, 2.05) is 0 Å². The van der Waals surface area contributed by atoms with Crippen LogP contribution in [-0.2, 0) is 23.6 Å². The average molecular weight is 338 g/mol. The fraction of sp³-hybridized carbons (Fsp3) is 0.545. The van der Waals surface area contributed by atoms with Crippen molar-refractivity contribution in [2.24, 2.45) is 0 Å². The minimum atomic E-state index is -4.43. The van der Waals surface area contributed by atoms with Gasteiger partial charge in [-0.25, -0.2) is 4.39 Å². The summed E-state index contributed by atoms with van der Waals surface area (Å²) in [5.74, 6) is -0.308. The van der Waals surface area contributed by atoms with Crippen molar-refractivity contribution >= 4 is 13.5 Å². The summed E-state index contributed by atoms with van der Waals surface area (Å²) in [5.41, 5.74) is 0. The molecule has 1 amide bonds. The number of rotatable bonds is 5. The second-order valence-electron chi connectivity index (χ2n) is 4.66. The SMILES string of the molecule is C=C1NC(=O)C=CN1[C@@H]1O[C@H](OCP(=O)(O)O)[C@@H](OC)[C@H]1F. The Hall–Kier alpha value is -1.29. The maximum atomic E-state index is 14.4. The van der Waals surface area contributed by atoms with Crippen LogP contribution in [0.4, 0.5) is 4.39 Å². The standard InChI is InChI=1S/C11H16FN2O7P/c1-6-13-7(15)3-4-14(6)10-8(12)9(19-2)11(21-10)20-5-22(16,17)18/h3-4,8-11H,1,5H2,2H3,(H,13,15)(H2,16,17,18)/t8-,9+,10-,11+/m1/s1. The van der Waals surface area contributed by atoms with Crippen molar-refractivity contribution in [2.75, 3.05) is 13.5 Å². The average Bonchev–Trinajstić information content (AvgIpc) is 2.72. The summed E-state index contributed by atoms with van der Waals surface area (Å²) in [7, 11) is -3.21. The van der Waals surface area contributed by atoms with Crippen LogP contribution in [0.2, 0.25) is 0 Å². The number of methoxy groups -OCH3 is 1. The molecule has 0 saturated carbocycles. The first kappa shape index (κ1) is 17.1. The van der Waals surface area contributed by atoms with Crippen LogP contribution < -0.4 is 5.32 Å². The number of ether oxygens (including phenoxy) is 3. The van der Waals surface area contributed by atoms with Gasteiger partial charge in [0.25, 0.3) is 5.91 Å². The molecule has 22 heavy (non-hydrogen) atoms. The molecular formula is C11H16FN2O7P. The lowest BCUT2D eigenvalue weighted by molar-refractivity contribution is -0.177. The smallest absolute Gasteiger partial charge is 0.351 e. The predicted octanol–water partition coefficient (Wildman–Crippen LogP) is -0.410. The molecule has 124 valence electrons. The van der Waals surface area contributed by atoms with Crippen LogP contribution in [-0.4, -0.2) is 58.8 Å². The summed E-state index contributed by atoms with van der Waals surface area (Å²) in [4.78, 5) is 30.0. The Morgan fingerprint density at radius 2 is 2.27 bits per heavy atom. The van der Waals surface area contributed by atoms with Crippen LogP contribution in [0, 0.1) is 0 Å². The number of nitrogens with one attached hydrogen (secondary N) is 1. The minimum Gasteiger partial charge on any atom is -0.373 e. The molecule has 1 saturated heterocycles. The van der Waals surface area contributed by atoms with E-state index in [9.17, 15) is 13.8 Å². The van der Waals surface area contributed by atoms with Crippen LogP contribution >= 0.6 is 7.60 Å². The zero-order chi connectivity index (χ0) is 16.5. The van der Waals surface area contributed by atoms with E-state index in [1.165, 1.54) is 18.2 Å². The van der Waals surface area contributed by atoms with Gasteiger partial charge in [-0.3, -0.25) is 9.36 Å². The highest BCUT2D eigenvalue weighted by molar-refractivity contribution is 7.51.